The molecule has 2 N–H and O–H groups in total. The third kappa shape index (κ3) is 4.14. The van der Waals surface area contributed by atoms with Gasteiger partial charge in [-0.05, 0) is 44.0 Å². The minimum Gasteiger partial charge on any atom is -0.330 e. The van der Waals surface area contributed by atoms with E-state index in [4.69, 9.17) is 5.73 Å². The Kier molecular flexibility index (Phi) is 4.99. The van der Waals surface area contributed by atoms with Gasteiger partial charge in [0.25, 0.3) is 0 Å². The fourth-order valence-corrected chi connectivity index (χ4v) is 1.86. The van der Waals surface area contributed by atoms with Crippen LogP contribution >= 0.6 is 15.9 Å². The van der Waals surface area contributed by atoms with E-state index in [1.807, 2.05) is 0 Å². The van der Waals surface area contributed by atoms with Crippen molar-refractivity contribution >= 4 is 15.9 Å². The summed E-state index contributed by atoms with van der Waals surface area (Å²) in [5.74, 6) is -0.214. The van der Waals surface area contributed by atoms with Gasteiger partial charge in [-0.1, -0.05) is 33.6 Å². The number of allylic oxidation sites excluding steroid dienone is 1. The third-order valence-corrected chi connectivity index (χ3v) is 2.88. The number of hydrogen-bond donors (Lipinski definition) is 1. The lowest BCUT2D eigenvalue weighted by molar-refractivity contribution is 0.626. The molecule has 0 radical (unpaired) electrons. The Morgan fingerprint density at radius 2 is 2.27 bits per heavy atom. The molecule has 0 fully saturated rings. The van der Waals surface area contributed by atoms with Crippen molar-refractivity contribution in [3.8, 4) is 0 Å². The van der Waals surface area contributed by atoms with Crippen molar-refractivity contribution < 1.29 is 4.39 Å². The average molecular weight is 272 g/mol. The van der Waals surface area contributed by atoms with Crippen molar-refractivity contribution in [1.82, 2.24) is 0 Å². The van der Waals surface area contributed by atoms with Gasteiger partial charge in [-0.3, -0.25) is 0 Å². The second-order valence-electron chi connectivity index (χ2n) is 3.54. The maximum Gasteiger partial charge on any atom is 0.124 e. The molecule has 0 bridgehead atoms. The summed E-state index contributed by atoms with van der Waals surface area (Å²) in [7, 11) is 0. The first-order valence-electron chi connectivity index (χ1n) is 4.93. The topological polar surface area (TPSA) is 26.0 Å². The van der Waals surface area contributed by atoms with Crippen molar-refractivity contribution in [2.24, 2.45) is 5.73 Å². The van der Waals surface area contributed by atoms with Crippen molar-refractivity contribution in [2.75, 3.05) is 6.54 Å². The van der Waals surface area contributed by atoms with Crippen molar-refractivity contribution in [2.45, 2.75) is 19.8 Å². The predicted molar refractivity (Wildman–Crippen MR) is 65.2 cm³/mol. The van der Waals surface area contributed by atoms with Crippen LogP contribution < -0.4 is 5.73 Å². The van der Waals surface area contributed by atoms with Gasteiger partial charge in [0.15, 0.2) is 0 Å². The Morgan fingerprint density at radius 3 is 2.87 bits per heavy atom. The third-order valence-electron chi connectivity index (χ3n) is 2.14. The van der Waals surface area contributed by atoms with Crippen LogP contribution in [0.15, 0.2) is 34.3 Å². The largest absolute Gasteiger partial charge is 0.330 e. The zero-order valence-corrected chi connectivity index (χ0v) is 10.3. The predicted octanol–water partition coefficient (Wildman–Crippen LogP) is 3.43. The van der Waals surface area contributed by atoms with Gasteiger partial charge >= 0.3 is 0 Å². The molecule has 1 aromatic rings. The highest BCUT2D eigenvalue weighted by molar-refractivity contribution is 9.10. The van der Waals surface area contributed by atoms with E-state index in [2.05, 4.69) is 28.9 Å². The van der Waals surface area contributed by atoms with Gasteiger partial charge in [0, 0.05) is 4.47 Å². The average Bonchev–Trinajstić information content (AvgIpc) is 2.19. The highest BCUT2D eigenvalue weighted by atomic mass is 79.9. The smallest absolute Gasteiger partial charge is 0.124 e. The molecular weight excluding hydrogens is 257 g/mol. The molecule has 3 heteroatoms. The van der Waals surface area contributed by atoms with Crippen LogP contribution in [-0.2, 0) is 6.42 Å². The number of nitrogens with two attached hydrogens (primary N) is 1. The quantitative estimate of drug-likeness (QED) is 0.835. The summed E-state index contributed by atoms with van der Waals surface area (Å²) in [4.78, 5) is 0. The van der Waals surface area contributed by atoms with Gasteiger partial charge < -0.3 is 5.73 Å². The summed E-state index contributed by atoms with van der Waals surface area (Å²) >= 11 is 3.35. The molecule has 0 atom stereocenters. The summed E-state index contributed by atoms with van der Waals surface area (Å²) < 4.78 is 13.6. The van der Waals surface area contributed by atoms with Gasteiger partial charge in [0.1, 0.15) is 5.82 Å². The first-order valence-corrected chi connectivity index (χ1v) is 5.72. The van der Waals surface area contributed by atoms with Crippen LogP contribution in [0.5, 0.6) is 0 Å². The minimum atomic E-state index is -0.214. The van der Waals surface area contributed by atoms with Crippen molar-refractivity contribution in [3.63, 3.8) is 0 Å². The Bertz CT molecular complexity index is 361. The molecule has 0 aliphatic rings. The fourth-order valence-electron chi connectivity index (χ4n) is 1.37. The van der Waals surface area contributed by atoms with E-state index in [-0.39, 0.29) is 5.82 Å². The summed E-state index contributed by atoms with van der Waals surface area (Å²) in [6, 6.07) is 4.78. The number of halogens is 2. The molecule has 0 saturated carbocycles. The molecule has 0 aliphatic carbocycles. The molecule has 0 spiro atoms. The molecule has 0 saturated heterocycles. The maximum atomic E-state index is 12.8. The van der Waals surface area contributed by atoms with Crippen LogP contribution in [0.25, 0.3) is 0 Å². The van der Waals surface area contributed by atoms with Crippen molar-refractivity contribution in [3.05, 3.63) is 45.7 Å². The molecule has 1 nitrogen and oxygen atoms in total. The van der Waals surface area contributed by atoms with Gasteiger partial charge in [0.05, 0.1) is 0 Å². The van der Waals surface area contributed by atoms with E-state index < -0.39 is 0 Å². The molecule has 0 amide bonds. The Labute approximate surface area is 98.3 Å². The van der Waals surface area contributed by atoms with Gasteiger partial charge in [-0.2, -0.15) is 0 Å². The van der Waals surface area contributed by atoms with Crippen LogP contribution in [0.1, 0.15) is 18.9 Å². The zero-order valence-electron chi connectivity index (χ0n) is 8.76. The first kappa shape index (κ1) is 12.4. The minimum absolute atomic E-state index is 0.214. The van der Waals surface area contributed by atoms with Crippen LogP contribution in [-0.4, -0.2) is 6.54 Å². The number of rotatable bonds is 4. The summed E-state index contributed by atoms with van der Waals surface area (Å²) in [5.41, 5.74) is 7.77. The SMILES string of the molecule is CC(=CCCN)Cc1ccc(F)cc1Br. The lowest BCUT2D eigenvalue weighted by Gasteiger charge is -2.05. The van der Waals surface area contributed by atoms with E-state index in [1.54, 1.807) is 6.07 Å². The van der Waals surface area contributed by atoms with Crippen LogP contribution in [0, 0.1) is 5.82 Å². The van der Waals surface area contributed by atoms with E-state index >= 15 is 0 Å². The van der Waals surface area contributed by atoms with Gasteiger partial charge in [-0.25, -0.2) is 4.39 Å². The zero-order chi connectivity index (χ0) is 11.3. The van der Waals surface area contributed by atoms with Crippen LogP contribution in [0.3, 0.4) is 0 Å². The second-order valence-corrected chi connectivity index (χ2v) is 4.39. The first-order chi connectivity index (χ1) is 7.13. The lowest BCUT2D eigenvalue weighted by Crippen LogP contribution is -1.97. The van der Waals surface area contributed by atoms with E-state index in [0.717, 1.165) is 22.9 Å². The number of benzene rings is 1. The molecule has 1 aromatic carbocycles. The lowest BCUT2D eigenvalue weighted by atomic mass is 10.1. The molecular formula is C12H15BrFN. The van der Waals surface area contributed by atoms with Crippen LogP contribution in [0.4, 0.5) is 4.39 Å². The van der Waals surface area contributed by atoms with E-state index in [1.165, 1.54) is 17.7 Å². The van der Waals surface area contributed by atoms with Crippen molar-refractivity contribution in [1.29, 1.82) is 0 Å². The number of hydrogen-bond acceptors (Lipinski definition) is 1. The molecule has 0 unspecified atom stereocenters. The summed E-state index contributed by atoms with van der Waals surface area (Å²) in [6.07, 6.45) is 3.85. The highest BCUT2D eigenvalue weighted by Gasteiger charge is 2.01. The standard InChI is InChI=1S/C12H15BrFN/c1-9(3-2-6-15)7-10-4-5-11(14)8-12(10)13/h3-5,8H,2,6-7,15H2,1H3. The van der Waals surface area contributed by atoms with E-state index in [0.29, 0.717) is 6.54 Å². The normalized spacial score (nSPS) is 11.9. The molecule has 0 aliphatic heterocycles. The molecule has 0 heterocycles. The molecule has 0 aromatic heterocycles. The maximum absolute atomic E-state index is 12.8. The highest BCUT2D eigenvalue weighted by Crippen LogP contribution is 2.20. The fraction of sp³-hybridized carbons (Fsp3) is 0.333. The summed E-state index contributed by atoms with van der Waals surface area (Å²) in [5, 5.41) is 0. The molecule has 82 valence electrons. The van der Waals surface area contributed by atoms with Crippen LogP contribution in [0.2, 0.25) is 0 Å². The van der Waals surface area contributed by atoms with Gasteiger partial charge in [-0.15, -0.1) is 0 Å². The summed E-state index contributed by atoms with van der Waals surface area (Å²) in [6.45, 7) is 2.73. The van der Waals surface area contributed by atoms with E-state index in [9.17, 15) is 4.39 Å². The van der Waals surface area contributed by atoms with Gasteiger partial charge in [0.2, 0.25) is 0 Å². The molecule has 1 rings (SSSR count). The molecule has 15 heavy (non-hydrogen) atoms. The monoisotopic (exact) mass is 271 g/mol. The Morgan fingerprint density at radius 1 is 1.53 bits per heavy atom. The second kappa shape index (κ2) is 6.03. The Hall–Kier alpha value is -0.670. The Balaban J connectivity index is 2.72.